The molecule has 1 saturated heterocycles. The second kappa shape index (κ2) is 6.23. The van der Waals surface area contributed by atoms with Gasteiger partial charge in [0.25, 0.3) is 0 Å². The van der Waals surface area contributed by atoms with Crippen LogP contribution in [-0.4, -0.2) is 23.1 Å². The van der Waals surface area contributed by atoms with Crippen LogP contribution in [0, 0.1) is 5.92 Å². The van der Waals surface area contributed by atoms with Crippen LogP contribution in [0.3, 0.4) is 0 Å². The number of rotatable bonds is 3. The molecule has 0 unspecified atom stereocenters. The Bertz CT molecular complexity index is 851. The van der Waals surface area contributed by atoms with E-state index in [-0.39, 0.29) is 5.41 Å². The molecule has 1 N–H and O–H groups in total. The predicted octanol–water partition coefficient (Wildman–Crippen LogP) is 4.94. The molecule has 1 aliphatic heterocycles. The van der Waals surface area contributed by atoms with Crippen molar-refractivity contribution in [1.82, 2.24) is 4.90 Å². The Morgan fingerprint density at radius 1 is 1.16 bits per heavy atom. The summed E-state index contributed by atoms with van der Waals surface area (Å²) in [4.78, 5) is 2.48. The van der Waals surface area contributed by atoms with Crippen molar-refractivity contribution in [3.63, 3.8) is 0 Å². The fraction of sp³-hybridized carbons (Fsp3) is 0.364. The molecule has 3 heteroatoms. The lowest BCUT2D eigenvalue weighted by molar-refractivity contribution is 0.0998. The summed E-state index contributed by atoms with van der Waals surface area (Å²) in [6.45, 7) is 7.56. The van der Waals surface area contributed by atoms with Crippen LogP contribution in [0.25, 0.3) is 11.0 Å². The molecule has 0 bridgehead atoms. The molecule has 2 atom stereocenters. The van der Waals surface area contributed by atoms with Crippen molar-refractivity contribution >= 4 is 11.0 Å². The van der Waals surface area contributed by atoms with E-state index in [1.165, 1.54) is 10.9 Å². The Morgan fingerprint density at radius 3 is 2.76 bits per heavy atom. The largest absolute Gasteiger partial charge is 0.508 e. The van der Waals surface area contributed by atoms with Crippen molar-refractivity contribution in [3.8, 4) is 5.75 Å². The van der Waals surface area contributed by atoms with Crippen LogP contribution in [0.5, 0.6) is 5.75 Å². The molecule has 1 fully saturated rings. The van der Waals surface area contributed by atoms with Crippen molar-refractivity contribution < 1.29 is 9.52 Å². The minimum atomic E-state index is 0.100. The number of hydrogen-bond donors (Lipinski definition) is 1. The van der Waals surface area contributed by atoms with Gasteiger partial charge in [-0.1, -0.05) is 44.2 Å². The lowest BCUT2D eigenvalue weighted by Crippen LogP contribution is -2.46. The van der Waals surface area contributed by atoms with Crippen LogP contribution in [0.4, 0.5) is 0 Å². The maximum Gasteiger partial charge on any atom is 0.134 e. The topological polar surface area (TPSA) is 36.6 Å². The van der Waals surface area contributed by atoms with Crippen LogP contribution in [0.2, 0.25) is 0 Å². The smallest absolute Gasteiger partial charge is 0.134 e. The highest BCUT2D eigenvalue weighted by atomic mass is 16.3. The van der Waals surface area contributed by atoms with Crippen molar-refractivity contribution in [1.29, 1.82) is 0 Å². The van der Waals surface area contributed by atoms with Gasteiger partial charge < -0.3 is 9.52 Å². The first-order chi connectivity index (χ1) is 12.0. The molecule has 0 spiro atoms. The molecule has 25 heavy (non-hydrogen) atoms. The third kappa shape index (κ3) is 3.05. The van der Waals surface area contributed by atoms with Gasteiger partial charge in [0, 0.05) is 11.9 Å². The Morgan fingerprint density at radius 2 is 2.00 bits per heavy atom. The van der Waals surface area contributed by atoms with Gasteiger partial charge in [0.05, 0.1) is 6.54 Å². The van der Waals surface area contributed by atoms with Gasteiger partial charge in [-0.05, 0) is 54.1 Å². The summed E-state index contributed by atoms with van der Waals surface area (Å²) in [5.41, 5.74) is 2.30. The third-order valence-electron chi connectivity index (χ3n) is 5.93. The highest BCUT2D eigenvalue weighted by molar-refractivity contribution is 5.77. The molecule has 1 aromatic heterocycles. The number of benzene rings is 2. The first-order valence-electron chi connectivity index (χ1n) is 9.04. The predicted molar refractivity (Wildman–Crippen MR) is 101 cm³/mol. The van der Waals surface area contributed by atoms with Crippen LogP contribution >= 0.6 is 0 Å². The summed E-state index contributed by atoms with van der Waals surface area (Å²) in [7, 11) is 0. The number of para-hydroxylation sites is 1. The summed E-state index contributed by atoms with van der Waals surface area (Å²) in [5.74, 6) is 1.90. The molecule has 1 aliphatic rings. The molecule has 0 aliphatic carbocycles. The van der Waals surface area contributed by atoms with Gasteiger partial charge in [0.2, 0.25) is 0 Å². The van der Waals surface area contributed by atoms with Crippen LogP contribution in [0.15, 0.2) is 59.0 Å². The fourth-order valence-electron chi connectivity index (χ4n) is 4.09. The van der Waals surface area contributed by atoms with Gasteiger partial charge in [0.15, 0.2) is 0 Å². The van der Waals surface area contributed by atoms with E-state index in [1.54, 1.807) is 6.07 Å². The molecule has 2 heterocycles. The molecule has 0 saturated carbocycles. The molecule has 0 amide bonds. The van der Waals surface area contributed by atoms with Crippen LogP contribution in [0.1, 0.15) is 31.6 Å². The Kier molecular flexibility index (Phi) is 4.04. The molecular formula is C22H25NO2. The van der Waals surface area contributed by atoms with Crippen LogP contribution in [-0.2, 0) is 12.0 Å². The lowest BCUT2D eigenvalue weighted by Gasteiger charge is -2.45. The molecule has 3 aromatic rings. The number of piperidine rings is 1. The molecule has 4 rings (SSSR count). The highest BCUT2D eigenvalue weighted by Gasteiger charge is 2.38. The number of nitrogens with zero attached hydrogens (tertiary/aromatic N) is 1. The second-order valence-corrected chi connectivity index (χ2v) is 7.60. The van der Waals surface area contributed by atoms with Crippen molar-refractivity contribution in [3.05, 3.63) is 65.9 Å². The summed E-state index contributed by atoms with van der Waals surface area (Å²) in [6, 6.07) is 18.1. The molecule has 0 radical (unpaired) electrons. The third-order valence-corrected chi connectivity index (χ3v) is 5.93. The van der Waals surface area contributed by atoms with E-state index in [4.69, 9.17) is 4.42 Å². The number of fused-ring (bicyclic) bond motifs is 1. The zero-order valence-corrected chi connectivity index (χ0v) is 14.9. The van der Waals surface area contributed by atoms with Crippen molar-refractivity contribution in [2.45, 2.75) is 32.2 Å². The lowest BCUT2D eigenvalue weighted by atomic mass is 9.68. The van der Waals surface area contributed by atoms with E-state index in [9.17, 15) is 5.11 Å². The molecular weight excluding hydrogens is 310 g/mol. The minimum Gasteiger partial charge on any atom is -0.508 e. The van der Waals surface area contributed by atoms with Gasteiger partial charge in [-0.15, -0.1) is 0 Å². The van der Waals surface area contributed by atoms with Gasteiger partial charge in [-0.25, -0.2) is 0 Å². The zero-order valence-electron chi connectivity index (χ0n) is 14.9. The van der Waals surface area contributed by atoms with Gasteiger partial charge in [-0.3, -0.25) is 4.90 Å². The van der Waals surface area contributed by atoms with Crippen molar-refractivity contribution in [2.75, 3.05) is 13.1 Å². The van der Waals surface area contributed by atoms with E-state index in [2.05, 4.69) is 36.9 Å². The molecule has 130 valence electrons. The van der Waals surface area contributed by atoms with Gasteiger partial charge in [-0.2, -0.15) is 0 Å². The van der Waals surface area contributed by atoms with Crippen molar-refractivity contribution in [2.24, 2.45) is 5.92 Å². The number of furan rings is 1. The van der Waals surface area contributed by atoms with E-state index >= 15 is 0 Å². The summed E-state index contributed by atoms with van der Waals surface area (Å²) in [5, 5.41) is 11.0. The Hall–Kier alpha value is -2.26. The molecule has 3 nitrogen and oxygen atoms in total. The van der Waals surface area contributed by atoms with Gasteiger partial charge in [0.1, 0.15) is 17.1 Å². The second-order valence-electron chi connectivity index (χ2n) is 7.60. The maximum absolute atomic E-state index is 9.84. The summed E-state index contributed by atoms with van der Waals surface area (Å²) < 4.78 is 5.98. The van der Waals surface area contributed by atoms with E-state index in [0.29, 0.717) is 11.7 Å². The fourth-order valence-corrected chi connectivity index (χ4v) is 4.09. The Labute approximate surface area is 148 Å². The number of phenols is 1. The first kappa shape index (κ1) is 16.2. The van der Waals surface area contributed by atoms with E-state index in [0.717, 1.165) is 37.4 Å². The number of hydrogen-bond acceptors (Lipinski definition) is 3. The average molecular weight is 335 g/mol. The number of likely N-dealkylation sites (tertiary alicyclic amines) is 1. The summed E-state index contributed by atoms with van der Waals surface area (Å²) in [6.07, 6.45) is 1.08. The SMILES string of the molecule is C[C@H]1CN(Cc2cc3ccccc3o2)CC[C@@]1(C)c1cccc(O)c1. The Balaban J connectivity index is 1.49. The van der Waals surface area contributed by atoms with Gasteiger partial charge >= 0.3 is 0 Å². The zero-order chi connectivity index (χ0) is 17.4. The highest BCUT2D eigenvalue weighted by Crippen LogP contribution is 2.40. The van der Waals surface area contributed by atoms with E-state index in [1.807, 2.05) is 30.3 Å². The number of aromatic hydroxyl groups is 1. The maximum atomic E-state index is 9.84. The summed E-state index contributed by atoms with van der Waals surface area (Å²) >= 11 is 0. The normalized spacial score (nSPS) is 24.6. The standard InChI is InChI=1S/C22H25NO2/c1-16-14-23(15-20-12-17-6-3-4-9-21(17)25-20)11-10-22(16,2)18-7-5-8-19(24)13-18/h3-9,12-13,16,24H,10-11,14-15H2,1-2H3/t16-,22+/m0/s1. The average Bonchev–Trinajstić information content (AvgIpc) is 3.00. The quantitative estimate of drug-likeness (QED) is 0.736. The number of phenolic OH excluding ortho intramolecular Hbond substituents is 1. The minimum absolute atomic E-state index is 0.100. The molecule has 2 aromatic carbocycles. The monoisotopic (exact) mass is 335 g/mol. The first-order valence-corrected chi connectivity index (χ1v) is 9.04. The van der Waals surface area contributed by atoms with Crippen LogP contribution < -0.4 is 0 Å². The van der Waals surface area contributed by atoms with E-state index < -0.39 is 0 Å².